The van der Waals surface area contributed by atoms with Crippen LogP contribution in [0.25, 0.3) is 10.8 Å². The first kappa shape index (κ1) is 24.7. The van der Waals surface area contributed by atoms with Gasteiger partial charge in [-0.2, -0.15) is 5.10 Å². The standard InChI is InChI=1S/C29H27IN2O3/c1-2-34-27-18-22(19-31-32-28(33)16-15-21-9-4-3-5-10-21)17-26(30)29(27)35-20-24-13-8-12-23-11-6-7-14-25(23)24/h3-14,17-19H,2,15-16,20H2,1H3,(H,32,33)/b31-19-. The molecule has 0 aromatic heterocycles. The molecule has 0 aliphatic carbocycles. The molecular formula is C29H27IN2O3. The molecule has 0 saturated heterocycles. The number of nitrogens with zero attached hydrogens (tertiary/aromatic N) is 1. The van der Waals surface area contributed by atoms with Gasteiger partial charge in [-0.25, -0.2) is 5.43 Å². The number of halogens is 1. The van der Waals surface area contributed by atoms with Crippen molar-refractivity contribution in [1.82, 2.24) is 5.43 Å². The van der Waals surface area contributed by atoms with E-state index in [4.69, 9.17) is 9.47 Å². The Bertz CT molecular complexity index is 1320. The number of benzene rings is 4. The van der Waals surface area contributed by atoms with E-state index >= 15 is 0 Å². The maximum absolute atomic E-state index is 12.1. The lowest BCUT2D eigenvalue weighted by Gasteiger charge is -2.15. The minimum absolute atomic E-state index is 0.125. The number of hydrogen-bond donors (Lipinski definition) is 1. The Hall–Kier alpha value is -3.39. The first-order chi connectivity index (χ1) is 17.1. The molecule has 4 rings (SSSR count). The summed E-state index contributed by atoms with van der Waals surface area (Å²) in [6.45, 7) is 2.88. The van der Waals surface area contributed by atoms with E-state index in [1.54, 1.807) is 6.21 Å². The van der Waals surface area contributed by atoms with Gasteiger partial charge in [0, 0.05) is 6.42 Å². The average molecular weight is 578 g/mol. The van der Waals surface area contributed by atoms with Gasteiger partial charge < -0.3 is 9.47 Å². The van der Waals surface area contributed by atoms with Gasteiger partial charge in [0.2, 0.25) is 5.91 Å². The fourth-order valence-electron chi connectivity index (χ4n) is 3.77. The zero-order valence-electron chi connectivity index (χ0n) is 19.5. The van der Waals surface area contributed by atoms with Gasteiger partial charge in [0.15, 0.2) is 11.5 Å². The van der Waals surface area contributed by atoms with Gasteiger partial charge in [0.25, 0.3) is 0 Å². The molecule has 0 atom stereocenters. The van der Waals surface area contributed by atoms with E-state index in [0.29, 0.717) is 37.6 Å². The summed E-state index contributed by atoms with van der Waals surface area (Å²) in [6.07, 6.45) is 2.68. The minimum Gasteiger partial charge on any atom is -0.490 e. The SMILES string of the molecule is CCOc1cc(/C=N\NC(=O)CCc2ccccc2)cc(I)c1OCc1cccc2ccccc12. The number of aryl methyl sites for hydroxylation is 1. The first-order valence-corrected chi connectivity index (χ1v) is 12.6. The summed E-state index contributed by atoms with van der Waals surface area (Å²) in [5, 5.41) is 6.49. The summed E-state index contributed by atoms with van der Waals surface area (Å²) in [5.74, 6) is 1.22. The predicted molar refractivity (Wildman–Crippen MR) is 149 cm³/mol. The van der Waals surface area contributed by atoms with Crippen LogP contribution in [0.4, 0.5) is 0 Å². The highest BCUT2D eigenvalue weighted by Crippen LogP contribution is 2.35. The number of carbonyl (C=O) groups excluding carboxylic acids is 1. The number of fused-ring (bicyclic) bond motifs is 1. The van der Waals surface area contributed by atoms with Crippen molar-refractivity contribution >= 4 is 45.5 Å². The smallest absolute Gasteiger partial charge is 0.240 e. The van der Waals surface area contributed by atoms with Crippen molar-refractivity contribution in [1.29, 1.82) is 0 Å². The van der Waals surface area contributed by atoms with Crippen molar-refractivity contribution in [3.8, 4) is 11.5 Å². The van der Waals surface area contributed by atoms with E-state index < -0.39 is 0 Å². The molecule has 0 aliphatic rings. The number of rotatable bonds is 10. The Labute approximate surface area is 219 Å². The van der Waals surface area contributed by atoms with E-state index in [9.17, 15) is 4.79 Å². The Morgan fingerprint density at radius 3 is 2.57 bits per heavy atom. The van der Waals surface area contributed by atoms with Crippen LogP contribution >= 0.6 is 22.6 Å². The number of amides is 1. The molecule has 0 saturated carbocycles. The normalized spacial score (nSPS) is 11.0. The molecule has 0 spiro atoms. The highest BCUT2D eigenvalue weighted by Gasteiger charge is 2.13. The third kappa shape index (κ3) is 6.82. The van der Waals surface area contributed by atoms with Crippen molar-refractivity contribution in [3.05, 3.63) is 105 Å². The number of carbonyl (C=O) groups is 1. The summed E-state index contributed by atoms with van der Waals surface area (Å²) < 4.78 is 13.0. The van der Waals surface area contributed by atoms with Crippen molar-refractivity contribution in [2.45, 2.75) is 26.4 Å². The summed E-state index contributed by atoms with van der Waals surface area (Å²) in [7, 11) is 0. The zero-order valence-corrected chi connectivity index (χ0v) is 21.7. The average Bonchev–Trinajstić information content (AvgIpc) is 2.88. The molecule has 0 unspecified atom stereocenters. The van der Waals surface area contributed by atoms with Gasteiger partial charge in [-0.15, -0.1) is 0 Å². The van der Waals surface area contributed by atoms with Gasteiger partial charge in [0.05, 0.1) is 16.4 Å². The molecule has 0 aliphatic heterocycles. The van der Waals surface area contributed by atoms with Crippen molar-refractivity contribution < 1.29 is 14.3 Å². The van der Waals surface area contributed by atoms with Gasteiger partial charge in [-0.3, -0.25) is 4.79 Å². The lowest BCUT2D eigenvalue weighted by molar-refractivity contribution is -0.121. The second kappa shape index (κ2) is 12.4. The van der Waals surface area contributed by atoms with Crippen LogP contribution in [-0.2, 0) is 17.8 Å². The van der Waals surface area contributed by atoms with Crippen LogP contribution in [0.1, 0.15) is 30.0 Å². The molecule has 4 aromatic carbocycles. The molecule has 0 heterocycles. The summed E-state index contributed by atoms with van der Waals surface area (Å²) >= 11 is 2.24. The summed E-state index contributed by atoms with van der Waals surface area (Å²) in [5.41, 5.74) is 5.67. The molecule has 5 nitrogen and oxygen atoms in total. The Kier molecular flexibility index (Phi) is 8.73. The zero-order chi connectivity index (χ0) is 24.5. The van der Waals surface area contributed by atoms with Crippen LogP contribution in [0.3, 0.4) is 0 Å². The summed E-state index contributed by atoms with van der Waals surface area (Å²) in [4.78, 5) is 12.1. The van der Waals surface area contributed by atoms with Crippen molar-refractivity contribution in [3.63, 3.8) is 0 Å². The third-order valence-electron chi connectivity index (χ3n) is 5.47. The Morgan fingerprint density at radius 1 is 0.971 bits per heavy atom. The molecule has 6 heteroatoms. The van der Waals surface area contributed by atoms with Gasteiger partial charge in [-0.1, -0.05) is 72.8 Å². The van der Waals surface area contributed by atoms with Crippen LogP contribution in [-0.4, -0.2) is 18.7 Å². The number of ether oxygens (including phenoxy) is 2. The predicted octanol–water partition coefficient (Wildman–Crippen LogP) is 6.51. The Morgan fingerprint density at radius 2 is 1.74 bits per heavy atom. The summed E-state index contributed by atoms with van der Waals surface area (Å²) in [6, 6.07) is 28.3. The largest absolute Gasteiger partial charge is 0.490 e. The lowest BCUT2D eigenvalue weighted by atomic mass is 10.1. The molecular weight excluding hydrogens is 551 g/mol. The van der Waals surface area contributed by atoms with E-state index in [1.807, 2.05) is 67.6 Å². The van der Waals surface area contributed by atoms with Crippen LogP contribution < -0.4 is 14.9 Å². The maximum atomic E-state index is 12.1. The monoisotopic (exact) mass is 578 g/mol. The van der Waals surface area contributed by atoms with E-state index in [1.165, 1.54) is 10.8 Å². The topological polar surface area (TPSA) is 59.9 Å². The second-order valence-corrected chi connectivity index (χ2v) is 9.13. The fourth-order valence-corrected chi connectivity index (χ4v) is 4.55. The van der Waals surface area contributed by atoms with Gasteiger partial charge in [0.1, 0.15) is 6.61 Å². The fraction of sp³-hybridized carbons (Fsp3) is 0.172. The Balaban J connectivity index is 1.42. The van der Waals surface area contributed by atoms with Crippen LogP contribution in [0.5, 0.6) is 11.5 Å². The molecule has 0 fully saturated rings. The number of nitrogens with one attached hydrogen (secondary N) is 1. The molecule has 0 bridgehead atoms. The molecule has 4 aromatic rings. The lowest BCUT2D eigenvalue weighted by Crippen LogP contribution is -2.17. The first-order valence-electron chi connectivity index (χ1n) is 11.6. The molecule has 1 N–H and O–H groups in total. The van der Waals surface area contributed by atoms with E-state index in [-0.39, 0.29) is 5.91 Å². The van der Waals surface area contributed by atoms with E-state index in [0.717, 1.165) is 20.3 Å². The van der Waals surface area contributed by atoms with Gasteiger partial charge in [-0.05, 0) is 75.5 Å². The van der Waals surface area contributed by atoms with Crippen LogP contribution in [0, 0.1) is 3.57 Å². The number of hydrogen-bond acceptors (Lipinski definition) is 4. The highest BCUT2D eigenvalue weighted by atomic mass is 127. The molecule has 35 heavy (non-hydrogen) atoms. The third-order valence-corrected chi connectivity index (χ3v) is 6.27. The van der Waals surface area contributed by atoms with E-state index in [2.05, 4.69) is 57.4 Å². The molecule has 178 valence electrons. The minimum atomic E-state index is -0.125. The highest BCUT2D eigenvalue weighted by molar-refractivity contribution is 14.1. The van der Waals surface area contributed by atoms with Crippen molar-refractivity contribution in [2.75, 3.05) is 6.61 Å². The number of hydrazone groups is 1. The van der Waals surface area contributed by atoms with Crippen LogP contribution in [0.2, 0.25) is 0 Å². The second-order valence-electron chi connectivity index (χ2n) is 7.97. The van der Waals surface area contributed by atoms with Gasteiger partial charge >= 0.3 is 0 Å². The van der Waals surface area contributed by atoms with Crippen LogP contribution in [0.15, 0.2) is 90.0 Å². The maximum Gasteiger partial charge on any atom is 0.240 e. The molecule has 1 amide bonds. The quantitative estimate of drug-likeness (QED) is 0.133. The molecule has 0 radical (unpaired) electrons. The van der Waals surface area contributed by atoms with Crippen molar-refractivity contribution in [2.24, 2.45) is 5.10 Å².